The Morgan fingerprint density at radius 2 is 1.55 bits per heavy atom. The predicted molar refractivity (Wildman–Crippen MR) is 143 cm³/mol. The highest BCUT2D eigenvalue weighted by Crippen LogP contribution is 2.38. The zero-order chi connectivity index (χ0) is 27.4. The van der Waals surface area contributed by atoms with E-state index < -0.39 is 5.97 Å². The first-order valence-electron chi connectivity index (χ1n) is 13.1. The highest BCUT2D eigenvalue weighted by atomic mass is 16.5. The zero-order valence-electron chi connectivity index (χ0n) is 22.5. The number of carbonyl (C=O) groups excluding carboxylic acids is 4. The molecule has 1 saturated heterocycles. The highest BCUT2D eigenvalue weighted by Gasteiger charge is 2.37. The van der Waals surface area contributed by atoms with Crippen LogP contribution >= 0.6 is 0 Å². The lowest BCUT2D eigenvalue weighted by Crippen LogP contribution is -2.50. The standard InChI is InChI=1S/C30H35N3O5/c1-5-38-30(37)28-21(3)33(27(35)18-26(28)25-9-7-6-8-20(25)2)19-23-10-12-24(13-11-23)29(36)32-16-14-31(15-17-32)22(4)34/h6-13,26H,5,14-19H2,1-4H3. The van der Waals surface area contributed by atoms with E-state index in [4.69, 9.17) is 4.74 Å². The van der Waals surface area contributed by atoms with Crippen molar-refractivity contribution in [2.75, 3.05) is 32.8 Å². The van der Waals surface area contributed by atoms with Crippen molar-refractivity contribution >= 4 is 23.7 Å². The molecule has 2 aliphatic heterocycles. The molecule has 0 spiro atoms. The number of hydrogen-bond acceptors (Lipinski definition) is 5. The number of ether oxygens (including phenoxy) is 1. The Bertz CT molecular complexity index is 1260. The Balaban J connectivity index is 1.53. The molecule has 0 aliphatic carbocycles. The van der Waals surface area contributed by atoms with Gasteiger partial charge in [-0.25, -0.2) is 4.79 Å². The van der Waals surface area contributed by atoms with Crippen LogP contribution in [0.1, 0.15) is 60.2 Å². The summed E-state index contributed by atoms with van der Waals surface area (Å²) in [5.41, 5.74) is 4.50. The van der Waals surface area contributed by atoms with Gasteiger partial charge in [0.1, 0.15) is 0 Å². The minimum atomic E-state index is -0.401. The van der Waals surface area contributed by atoms with Gasteiger partial charge in [0.05, 0.1) is 18.7 Å². The van der Waals surface area contributed by atoms with Gasteiger partial charge >= 0.3 is 5.97 Å². The van der Waals surface area contributed by atoms with Crippen LogP contribution in [0, 0.1) is 6.92 Å². The van der Waals surface area contributed by atoms with E-state index in [2.05, 4.69) is 0 Å². The van der Waals surface area contributed by atoms with Crippen LogP contribution < -0.4 is 0 Å². The fourth-order valence-corrected chi connectivity index (χ4v) is 5.26. The van der Waals surface area contributed by atoms with Gasteiger partial charge in [-0.15, -0.1) is 0 Å². The monoisotopic (exact) mass is 517 g/mol. The lowest BCUT2D eigenvalue weighted by molar-refractivity contribution is -0.140. The average Bonchev–Trinajstić information content (AvgIpc) is 2.91. The highest BCUT2D eigenvalue weighted by molar-refractivity contribution is 5.96. The number of benzene rings is 2. The number of allylic oxidation sites excluding steroid dienone is 1. The summed E-state index contributed by atoms with van der Waals surface area (Å²) in [6.07, 6.45) is 0.180. The Kier molecular flexibility index (Phi) is 8.29. The fourth-order valence-electron chi connectivity index (χ4n) is 5.26. The quantitative estimate of drug-likeness (QED) is 0.546. The van der Waals surface area contributed by atoms with Crippen LogP contribution in [-0.2, 0) is 25.7 Å². The Hall–Kier alpha value is -3.94. The normalized spacial score (nSPS) is 18.1. The van der Waals surface area contributed by atoms with Gasteiger partial charge in [-0.2, -0.15) is 0 Å². The van der Waals surface area contributed by atoms with E-state index in [9.17, 15) is 19.2 Å². The molecule has 38 heavy (non-hydrogen) atoms. The molecule has 1 fully saturated rings. The number of aryl methyl sites for hydroxylation is 1. The molecule has 0 radical (unpaired) electrons. The summed E-state index contributed by atoms with van der Waals surface area (Å²) < 4.78 is 5.40. The molecule has 0 N–H and O–H groups in total. The maximum Gasteiger partial charge on any atom is 0.336 e. The summed E-state index contributed by atoms with van der Waals surface area (Å²) >= 11 is 0. The van der Waals surface area contributed by atoms with E-state index in [1.807, 2.05) is 43.3 Å². The molecule has 2 aromatic rings. The molecule has 1 atom stereocenters. The number of carbonyl (C=O) groups is 4. The minimum absolute atomic E-state index is 0.0226. The van der Waals surface area contributed by atoms with E-state index in [1.54, 1.807) is 47.6 Å². The number of esters is 1. The first-order valence-corrected chi connectivity index (χ1v) is 13.1. The maximum absolute atomic E-state index is 13.3. The van der Waals surface area contributed by atoms with Crippen LogP contribution in [0.25, 0.3) is 0 Å². The van der Waals surface area contributed by atoms with Gasteiger partial charge in [-0.1, -0.05) is 36.4 Å². The first kappa shape index (κ1) is 27.1. The van der Waals surface area contributed by atoms with E-state index in [0.717, 1.165) is 16.7 Å². The van der Waals surface area contributed by atoms with Gasteiger partial charge in [0.2, 0.25) is 11.8 Å². The van der Waals surface area contributed by atoms with Crippen molar-refractivity contribution in [3.63, 3.8) is 0 Å². The van der Waals surface area contributed by atoms with Crippen molar-refractivity contribution in [3.8, 4) is 0 Å². The third-order valence-corrected chi connectivity index (χ3v) is 7.44. The van der Waals surface area contributed by atoms with Gasteiger partial charge in [0.15, 0.2) is 0 Å². The Morgan fingerprint density at radius 3 is 2.16 bits per heavy atom. The van der Waals surface area contributed by atoms with Crippen molar-refractivity contribution in [1.29, 1.82) is 0 Å². The van der Waals surface area contributed by atoms with Crippen LogP contribution in [-0.4, -0.2) is 71.2 Å². The molecular weight excluding hydrogens is 482 g/mol. The van der Waals surface area contributed by atoms with Crippen molar-refractivity contribution in [2.24, 2.45) is 0 Å². The van der Waals surface area contributed by atoms with E-state index >= 15 is 0 Å². The summed E-state index contributed by atoms with van der Waals surface area (Å²) in [4.78, 5) is 56.0. The summed E-state index contributed by atoms with van der Waals surface area (Å²) in [7, 11) is 0. The minimum Gasteiger partial charge on any atom is -0.463 e. The average molecular weight is 518 g/mol. The van der Waals surface area contributed by atoms with Crippen molar-refractivity contribution in [2.45, 2.75) is 46.6 Å². The summed E-state index contributed by atoms with van der Waals surface area (Å²) in [6, 6.07) is 15.0. The molecule has 2 aromatic carbocycles. The summed E-state index contributed by atoms with van der Waals surface area (Å²) in [5.74, 6) is -0.874. The van der Waals surface area contributed by atoms with Gasteiger partial charge in [0.25, 0.3) is 5.91 Å². The fraction of sp³-hybridized carbons (Fsp3) is 0.400. The molecule has 0 aromatic heterocycles. The molecule has 8 nitrogen and oxygen atoms in total. The first-order chi connectivity index (χ1) is 18.2. The number of hydrogen-bond donors (Lipinski definition) is 0. The number of nitrogens with zero attached hydrogens (tertiary/aromatic N) is 3. The molecule has 0 bridgehead atoms. The van der Waals surface area contributed by atoms with Gasteiger partial charge < -0.3 is 19.4 Å². The molecule has 1 unspecified atom stereocenters. The topological polar surface area (TPSA) is 87.2 Å². The van der Waals surface area contributed by atoms with Crippen LogP contribution in [0.15, 0.2) is 59.8 Å². The SMILES string of the molecule is CCOC(=O)C1=C(C)N(Cc2ccc(C(=O)N3CCN(C(C)=O)CC3)cc2)C(=O)CC1c1ccccc1C. The Morgan fingerprint density at radius 1 is 0.921 bits per heavy atom. The van der Waals surface area contributed by atoms with Gasteiger partial charge in [-0.05, 0) is 49.6 Å². The molecule has 200 valence electrons. The molecule has 0 saturated carbocycles. The number of rotatable bonds is 6. The molecular formula is C30H35N3O5. The maximum atomic E-state index is 13.3. The van der Waals surface area contributed by atoms with Gasteiger partial charge in [0, 0.05) is 56.7 Å². The van der Waals surface area contributed by atoms with E-state index in [-0.39, 0.29) is 36.7 Å². The van der Waals surface area contributed by atoms with Crippen LogP contribution in [0.4, 0.5) is 0 Å². The second-order valence-corrected chi connectivity index (χ2v) is 9.81. The number of amides is 3. The third-order valence-electron chi connectivity index (χ3n) is 7.44. The van der Waals surface area contributed by atoms with E-state index in [0.29, 0.717) is 49.6 Å². The molecule has 3 amide bonds. The molecule has 2 aliphatic rings. The summed E-state index contributed by atoms with van der Waals surface area (Å²) in [5, 5.41) is 0. The van der Waals surface area contributed by atoms with Crippen LogP contribution in [0.2, 0.25) is 0 Å². The van der Waals surface area contributed by atoms with Crippen LogP contribution in [0.5, 0.6) is 0 Å². The number of piperazine rings is 1. The molecule has 4 rings (SSSR count). The zero-order valence-corrected chi connectivity index (χ0v) is 22.5. The summed E-state index contributed by atoms with van der Waals surface area (Å²) in [6.45, 7) is 9.72. The van der Waals surface area contributed by atoms with Crippen molar-refractivity contribution in [1.82, 2.24) is 14.7 Å². The molecule has 2 heterocycles. The van der Waals surface area contributed by atoms with E-state index in [1.165, 1.54) is 0 Å². The Labute approximate surface area is 223 Å². The predicted octanol–water partition coefficient (Wildman–Crippen LogP) is 3.65. The van der Waals surface area contributed by atoms with Gasteiger partial charge in [-0.3, -0.25) is 14.4 Å². The van der Waals surface area contributed by atoms with Crippen molar-refractivity contribution < 1.29 is 23.9 Å². The second-order valence-electron chi connectivity index (χ2n) is 9.81. The molecule has 8 heteroatoms. The lowest BCUT2D eigenvalue weighted by Gasteiger charge is -2.35. The second kappa shape index (κ2) is 11.6. The van der Waals surface area contributed by atoms with Crippen LogP contribution in [0.3, 0.4) is 0 Å². The third kappa shape index (κ3) is 5.64. The largest absolute Gasteiger partial charge is 0.463 e. The van der Waals surface area contributed by atoms with Crippen molar-refractivity contribution in [3.05, 3.63) is 82.1 Å². The lowest BCUT2D eigenvalue weighted by atomic mass is 9.81. The smallest absolute Gasteiger partial charge is 0.336 e.